The van der Waals surface area contributed by atoms with Crippen LogP contribution in [0.2, 0.25) is 0 Å². The molecule has 1 nitrogen and oxygen atoms in total. The lowest BCUT2D eigenvalue weighted by atomic mass is 10.4. The normalized spacial score (nSPS) is 11.8. The molecule has 0 aliphatic rings. The summed E-state index contributed by atoms with van der Waals surface area (Å²) in [7, 11) is -2.54. The molecule has 0 saturated heterocycles. The van der Waals surface area contributed by atoms with E-state index in [9.17, 15) is 4.57 Å². The highest BCUT2D eigenvalue weighted by Gasteiger charge is 2.25. The maximum Gasteiger partial charge on any atom is 0.146 e. The molecule has 2 aromatic carbocycles. The first-order valence-corrected chi connectivity index (χ1v) is 8.52. The number of hydrogen-bond donors (Lipinski definition) is 0. The summed E-state index contributed by atoms with van der Waals surface area (Å²) >= 11 is 0. The van der Waals surface area contributed by atoms with Crippen molar-refractivity contribution < 1.29 is 4.57 Å². The number of hydrogen-bond acceptors (Lipinski definition) is 1. The quantitative estimate of drug-likeness (QED) is 0.593. The molecule has 0 spiro atoms. The average Bonchev–Trinajstić information content (AvgIpc) is 2.49. The fourth-order valence-corrected chi connectivity index (χ4v) is 4.56. The Hall–Kier alpha value is -1.59. The highest BCUT2D eigenvalue weighted by molar-refractivity contribution is 7.78. The zero-order chi connectivity index (χ0) is 13.6. The topological polar surface area (TPSA) is 17.1 Å². The Morgan fingerprint density at radius 3 is 1.74 bits per heavy atom. The highest BCUT2D eigenvalue weighted by Crippen LogP contribution is 2.43. The number of allylic oxidation sites excluding steroid dienone is 2. The first-order chi connectivity index (χ1) is 9.27. The van der Waals surface area contributed by atoms with Gasteiger partial charge in [-0.3, -0.25) is 0 Å². The van der Waals surface area contributed by atoms with E-state index in [0.29, 0.717) is 6.16 Å². The van der Waals surface area contributed by atoms with Crippen molar-refractivity contribution in [2.45, 2.75) is 13.3 Å². The first-order valence-electron chi connectivity index (χ1n) is 6.62. The Balaban J connectivity index is 2.45. The van der Waals surface area contributed by atoms with Crippen LogP contribution in [0, 0.1) is 0 Å². The number of benzene rings is 2. The van der Waals surface area contributed by atoms with E-state index < -0.39 is 7.14 Å². The van der Waals surface area contributed by atoms with Crippen molar-refractivity contribution in [2.24, 2.45) is 0 Å². The van der Waals surface area contributed by atoms with Crippen molar-refractivity contribution in [1.29, 1.82) is 0 Å². The van der Waals surface area contributed by atoms with Gasteiger partial charge in [0.25, 0.3) is 0 Å². The fraction of sp³-hybridized carbons (Fsp3) is 0.176. The third-order valence-corrected chi connectivity index (χ3v) is 6.10. The molecule has 98 valence electrons. The van der Waals surface area contributed by atoms with Crippen LogP contribution >= 0.6 is 7.14 Å². The van der Waals surface area contributed by atoms with Gasteiger partial charge in [0.15, 0.2) is 0 Å². The maximum atomic E-state index is 13.4. The zero-order valence-electron chi connectivity index (χ0n) is 11.2. The molecule has 0 heterocycles. The molecule has 0 radical (unpaired) electrons. The van der Waals surface area contributed by atoms with Crippen LogP contribution in [-0.4, -0.2) is 6.16 Å². The molecule has 0 bridgehead atoms. The van der Waals surface area contributed by atoms with E-state index in [2.05, 4.69) is 13.0 Å². The summed E-state index contributed by atoms with van der Waals surface area (Å²) < 4.78 is 13.4. The predicted molar refractivity (Wildman–Crippen MR) is 84.1 cm³/mol. The van der Waals surface area contributed by atoms with Crippen LogP contribution in [0.15, 0.2) is 72.8 Å². The van der Waals surface area contributed by atoms with Gasteiger partial charge in [-0.15, -0.1) is 0 Å². The van der Waals surface area contributed by atoms with E-state index in [4.69, 9.17) is 0 Å². The molecule has 0 unspecified atom stereocenters. The average molecular weight is 270 g/mol. The van der Waals surface area contributed by atoms with Gasteiger partial charge >= 0.3 is 0 Å². The third kappa shape index (κ3) is 3.24. The summed E-state index contributed by atoms with van der Waals surface area (Å²) in [5.41, 5.74) is 0. The molecule has 0 amide bonds. The lowest BCUT2D eigenvalue weighted by Crippen LogP contribution is -2.17. The Kier molecular flexibility index (Phi) is 4.76. The standard InChI is InChI=1S/C17H19OP/c1-2-3-10-15-19(18,16-11-6-4-7-12-16)17-13-8-5-9-14-17/h3-14H,2,15H2,1H3/b10-3+. The van der Waals surface area contributed by atoms with Gasteiger partial charge in [0.05, 0.1) is 0 Å². The minimum atomic E-state index is -2.54. The molecule has 2 heteroatoms. The van der Waals surface area contributed by atoms with Gasteiger partial charge in [-0.2, -0.15) is 0 Å². The van der Waals surface area contributed by atoms with Crippen molar-refractivity contribution in [3.8, 4) is 0 Å². The van der Waals surface area contributed by atoms with Crippen LogP contribution in [0.5, 0.6) is 0 Å². The van der Waals surface area contributed by atoms with Gasteiger partial charge < -0.3 is 4.57 Å². The lowest BCUT2D eigenvalue weighted by molar-refractivity contribution is 0.588. The predicted octanol–water partition coefficient (Wildman–Crippen LogP) is 3.97. The molecule has 0 N–H and O–H groups in total. The molecule has 2 aromatic rings. The molecule has 0 fully saturated rings. The van der Waals surface area contributed by atoms with Crippen LogP contribution in [0.25, 0.3) is 0 Å². The molecular formula is C17H19OP. The monoisotopic (exact) mass is 270 g/mol. The molecule has 0 aromatic heterocycles. The van der Waals surface area contributed by atoms with E-state index >= 15 is 0 Å². The van der Waals surface area contributed by atoms with E-state index in [1.807, 2.05) is 66.7 Å². The summed E-state index contributed by atoms with van der Waals surface area (Å²) in [6.07, 6.45) is 5.69. The van der Waals surface area contributed by atoms with E-state index in [0.717, 1.165) is 17.0 Å². The van der Waals surface area contributed by atoms with Crippen LogP contribution in [0.4, 0.5) is 0 Å². The van der Waals surface area contributed by atoms with Crippen molar-refractivity contribution in [2.75, 3.05) is 6.16 Å². The largest absolute Gasteiger partial charge is 0.313 e. The van der Waals surface area contributed by atoms with E-state index in [1.165, 1.54) is 0 Å². The number of rotatable bonds is 5. The van der Waals surface area contributed by atoms with Gasteiger partial charge in [0.1, 0.15) is 7.14 Å². The molecule has 0 aliphatic carbocycles. The maximum absolute atomic E-state index is 13.4. The van der Waals surface area contributed by atoms with Crippen molar-refractivity contribution in [3.05, 3.63) is 72.8 Å². The molecule has 0 atom stereocenters. The first kappa shape index (κ1) is 13.8. The Labute approximate surface area is 115 Å². The molecule has 0 saturated carbocycles. The highest BCUT2D eigenvalue weighted by atomic mass is 31.2. The van der Waals surface area contributed by atoms with E-state index in [-0.39, 0.29) is 0 Å². The second kappa shape index (κ2) is 6.54. The van der Waals surface area contributed by atoms with E-state index in [1.54, 1.807) is 0 Å². The summed E-state index contributed by atoms with van der Waals surface area (Å²) in [6.45, 7) is 2.09. The SMILES string of the molecule is CC/C=C/CP(=O)(c1ccccc1)c1ccccc1. The second-order valence-corrected chi connectivity index (χ2v) is 7.35. The van der Waals surface area contributed by atoms with Crippen molar-refractivity contribution >= 4 is 17.8 Å². The summed E-state index contributed by atoms with van der Waals surface area (Å²) in [5, 5.41) is 1.86. The fourth-order valence-electron chi connectivity index (χ4n) is 2.09. The van der Waals surface area contributed by atoms with Gasteiger partial charge in [-0.05, 0) is 6.42 Å². The Bertz CT molecular complexity index is 529. The minimum absolute atomic E-state index is 0.592. The van der Waals surface area contributed by atoms with Gasteiger partial charge in [-0.1, -0.05) is 79.7 Å². The lowest BCUT2D eigenvalue weighted by Gasteiger charge is -2.17. The van der Waals surface area contributed by atoms with Crippen molar-refractivity contribution in [1.82, 2.24) is 0 Å². The van der Waals surface area contributed by atoms with Gasteiger partial charge in [-0.25, -0.2) is 0 Å². The molecule has 19 heavy (non-hydrogen) atoms. The zero-order valence-corrected chi connectivity index (χ0v) is 12.1. The molecule has 2 rings (SSSR count). The van der Waals surface area contributed by atoms with Crippen LogP contribution < -0.4 is 10.6 Å². The second-order valence-electron chi connectivity index (χ2n) is 4.47. The van der Waals surface area contributed by atoms with Gasteiger partial charge in [0.2, 0.25) is 0 Å². The van der Waals surface area contributed by atoms with Crippen LogP contribution in [-0.2, 0) is 4.57 Å². The third-order valence-electron chi connectivity index (χ3n) is 3.11. The van der Waals surface area contributed by atoms with Gasteiger partial charge in [0, 0.05) is 16.8 Å². The smallest absolute Gasteiger partial charge is 0.146 e. The Morgan fingerprint density at radius 1 is 0.842 bits per heavy atom. The van der Waals surface area contributed by atoms with Crippen LogP contribution in [0.1, 0.15) is 13.3 Å². The molecular weight excluding hydrogens is 251 g/mol. The summed E-state index contributed by atoms with van der Waals surface area (Å²) in [5.74, 6) is 0. The molecule has 0 aliphatic heterocycles. The summed E-state index contributed by atoms with van der Waals surface area (Å²) in [6, 6.07) is 19.6. The minimum Gasteiger partial charge on any atom is -0.313 e. The summed E-state index contributed by atoms with van der Waals surface area (Å²) in [4.78, 5) is 0. The van der Waals surface area contributed by atoms with Crippen molar-refractivity contribution in [3.63, 3.8) is 0 Å². The Morgan fingerprint density at radius 2 is 1.32 bits per heavy atom. The van der Waals surface area contributed by atoms with Crippen LogP contribution in [0.3, 0.4) is 0 Å².